The summed E-state index contributed by atoms with van der Waals surface area (Å²) in [6.07, 6.45) is 0. The summed E-state index contributed by atoms with van der Waals surface area (Å²) in [5.41, 5.74) is 0.789. The van der Waals surface area contributed by atoms with Crippen molar-refractivity contribution in [1.29, 1.82) is 0 Å². The number of para-hydroxylation sites is 1. The van der Waals surface area contributed by atoms with Gasteiger partial charge in [0, 0.05) is 5.39 Å². The summed E-state index contributed by atoms with van der Waals surface area (Å²) in [7, 11) is 0. The molecule has 3 aromatic heterocycles. The maximum atomic E-state index is 10.6. The number of aromatic amines is 1. The normalized spacial score (nSPS) is 11.2. The fourth-order valence-corrected chi connectivity index (χ4v) is 2.77. The summed E-state index contributed by atoms with van der Waals surface area (Å²) >= 11 is 1.04. The van der Waals surface area contributed by atoms with Gasteiger partial charge in [-0.3, -0.25) is 9.89 Å². The number of rotatable bonds is 5. The van der Waals surface area contributed by atoms with E-state index in [1.165, 1.54) is 0 Å². The fraction of sp³-hybridized carbons (Fsp3) is 0.0625. The van der Waals surface area contributed by atoms with Gasteiger partial charge in [-0.05, 0) is 24.3 Å². The summed E-state index contributed by atoms with van der Waals surface area (Å²) in [6.45, 7) is 0. The van der Waals surface area contributed by atoms with E-state index < -0.39 is 5.97 Å². The third-order valence-corrected chi connectivity index (χ3v) is 4.13. The molecular formula is C16H11N3O4S. The van der Waals surface area contributed by atoms with Crippen LogP contribution in [0, 0.1) is 0 Å². The molecule has 24 heavy (non-hydrogen) atoms. The van der Waals surface area contributed by atoms with Crippen molar-refractivity contribution in [3.05, 3.63) is 42.5 Å². The van der Waals surface area contributed by atoms with Crippen LogP contribution in [0.25, 0.3) is 34.1 Å². The van der Waals surface area contributed by atoms with Crippen LogP contribution < -0.4 is 0 Å². The molecule has 0 fully saturated rings. The highest BCUT2D eigenvalue weighted by molar-refractivity contribution is 7.99. The molecule has 7 nitrogen and oxygen atoms in total. The summed E-state index contributed by atoms with van der Waals surface area (Å²) in [5.74, 6) is 1.13. The lowest BCUT2D eigenvalue weighted by molar-refractivity contribution is -0.133. The molecule has 2 N–H and O–H groups in total. The first-order valence-corrected chi connectivity index (χ1v) is 8.04. The number of hydrogen-bond acceptors (Lipinski definition) is 6. The van der Waals surface area contributed by atoms with Gasteiger partial charge in [0.05, 0.1) is 5.75 Å². The summed E-state index contributed by atoms with van der Waals surface area (Å²) in [5, 5.41) is 16.7. The number of thioether (sulfide) groups is 1. The van der Waals surface area contributed by atoms with Crippen LogP contribution in [0.2, 0.25) is 0 Å². The molecule has 0 atom stereocenters. The third-order valence-electron chi connectivity index (χ3n) is 3.30. The lowest BCUT2D eigenvalue weighted by atomic mass is 10.2. The van der Waals surface area contributed by atoms with E-state index in [1.54, 1.807) is 12.1 Å². The molecule has 0 amide bonds. The van der Waals surface area contributed by atoms with Crippen molar-refractivity contribution in [2.45, 2.75) is 5.16 Å². The molecule has 0 aliphatic heterocycles. The lowest BCUT2D eigenvalue weighted by Gasteiger charge is -1.91. The number of carboxylic acid groups (broad SMARTS) is 1. The van der Waals surface area contributed by atoms with Gasteiger partial charge in [0.15, 0.2) is 23.1 Å². The number of furan rings is 2. The summed E-state index contributed by atoms with van der Waals surface area (Å²) < 4.78 is 11.5. The molecule has 0 saturated carbocycles. The first kappa shape index (κ1) is 14.6. The second kappa shape index (κ2) is 5.89. The van der Waals surface area contributed by atoms with Crippen LogP contribution in [0.15, 0.2) is 56.5 Å². The molecule has 4 rings (SSSR count). The van der Waals surface area contributed by atoms with E-state index in [1.807, 2.05) is 30.3 Å². The molecular weight excluding hydrogens is 330 g/mol. The minimum Gasteiger partial charge on any atom is -0.481 e. The number of benzene rings is 1. The average Bonchev–Trinajstić information content (AvgIpc) is 3.29. The van der Waals surface area contributed by atoms with Gasteiger partial charge in [0.1, 0.15) is 5.58 Å². The van der Waals surface area contributed by atoms with Crippen LogP contribution in [0.1, 0.15) is 0 Å². The Morgan fingerprint density at radius 3 is 2.79 bits per heavy atom. The first-order chi connectivity index (χ1) is 11.7. The molecule has 0 radical (unpaired) electrons. The summed E-state index contributed by atoms with van der Waals surface area (Å²) in [4.78, 5) is 14.8. The lowest BCUT2D eigenvalue weighted by Crippen LogP contribution is -1.97. The zero-order chi connectivity index (χ0) is 16.5. The van der Waals surface area contributed by atoms with Gasteiger partial charge in [-0.2, -0.15) is 4.98 Å². The number of nitrogens with one attached hydrogen (secondary N) is 1. The smallest absolute Gasteiger partial charge is 0.313 e. The highest BCUT2D eigenvalue weighted by atomic mass is 32.2. The number of aliphatic carboxylic acids is 1. The number of hydrogen-bond donors (Lipinski definition) is 2. The van der Waals surface area contributed by atoms with E-state index >= 15 is 0 Å². The second-order valence-electron chi connectivity index (χ2n) is 4.96. The van der Waals surface area contributed by atoms with Gasteiger partial charge < -0.3 is 13.9 Å². The Morgan fingerprint density at radius 2 is 1.96 bits per heavy atom. The molecule has 0 aliphatic carbocycles. The monoisotopic (exact) mass is 341 g/mol. The van der Waals surface area contributed by atoms with E-state index in [4.69, 9.17) is 13.9 Å². The molecule has 120 valence electrons. The van der Waals surface area contributed by atoms with E-state index in [9.17, 15) is 4.79 Å². The van der Waals surface area contributed by atoms with Crippen LogP contribution in [0.4, 0.5) is 0 Å². The van der Waals surface area contributed by atoms with Crippen LogP contribution in [-0.4, -0.2) is 32.0 Å². The Labute approximate surface area is 139 Å². The molecule has 0 spiro atoms. The molecule has 1 aromatic carbocycles. The van der Waals surface area contributed by atoms with Crippen LogP contribution in [0.3, 0.4) is 0 Å². The average molecular weight is 341 g/mol. The predicted octanol–water partition coefficient (Wildman–Crippen LogP) is 3.65. The Kier molecular flexibility index (Phi) is 3.58. The highest BCUT2D eigenvalue weighted by Crippen LogP contribution is 2.31. The predicted molar refractivity (Wildman–Crippen MR) is 87.7 cm³/mol. The van der Waals surface area contributed by atoms with Crippen LogP contribution in [-0.2, 0) is 4.79 Å². The van der Waals surface area contributed by atoms with Crippen molar-refractivity contribution in [2.24, 2.45) is 0 Å². The molecule has 3 heterocycles. The SMILES string of the molecule is O=C(O)CSc1n[nH]c(-c2ccc(-c3cc4ccccc4o3)o2)n1. The minimum atomic E-state index is -0.920. The van der Waals surface area contributed by atoms with Crippen LogP contribution in [0.5, 0.6) is 0 Å². The first-order valence-electron chi connectivity index (χ1n) is 7.05. The van der Waals surface area contributed by atoms with E-state index in [0.29, 0.717) is 28.3 Å². The Balaban J connectivity index is 1.59. The van der Waals surface area contributed by atoms with Crippen molar-refractivity contribution in [3.8, 4) is 23.1 Å². The van der Waals surface area contributed by atoms with E-state index in [0.717, 1.165) is 22.7 Å². The largest absolute Gasteiger partial charge is 0.481 e. The van der Waals surface area contributed by atoms with Crippen molar-refractivity contribution in [2.75, 3.05) is 5.75 Å². The van der Waals surface area contributed by atoms with E-state index in [2.05, 4.69) is 15.2 Å². The molecule has 0 bridgehead atoms. The van der Waals surface area contributed by atoms with Gasteiger partial charge in [0.25, 0.3) is 0 Å². The zero-order valence-corrected chi connectivity index (χ0v) is 13.0. The van der Waals surface area contributed by atoms with Crippen molar-refractivity contribution < 1.29 is 18.7 Å². The third kappa shape index (κ3) is 2.79. The van der Waals surface area contributed by atoms with Gasteiger partial charge in [-0.1, -0.05) is 30.0 Å². The van der Waals surface area contributed by atoms with Gasteiger partial charge in [-0.15, -0.1) is 5.10 Å². The zero-order valence-electron chi connectivity index (χ0n) is 12.2. The number of aromatic nitrogens is 3. The maximum Gasteiger partial charge on any atom is 0.313 e. The Morgan fingerprint density at radius 1 is 1.12 bits per heavy atom. The standard InChI is InChI=1S/C16H11N3O4S/c20-14(21)8-24-16-17-15(18-19-16)12-6-5-11(23-12)13-7-9-3-1-2-4-10(9)22-13/h1-7H,8H2,(H,20,21)(H,17,18,19). The van der Waals surface area contributed by atoms with Gasteiger partial charge in [-0.25, -0.2) is 0 Å². The number of fused-ring (bicyclic) bond motifs is 1. The molecule has 4 aromatic rings. The minimum absolute atomic E-state index is 0.0975. The Hall–Kier alpha value is -3.00. The number of carbonyl (C=O) groups is 1. The van der Waals surface area contributed by atoms with Crippen molar-refractivity contribution in [3.63, 3.8) is 0 Å². The number of H-pyrrole nitrogens is 1. The topological polar surface area (TPSA) is 105 Å². The Bertz CT molecular complexity index is 984. The quantitative estimate of drug-likeness (QED) is 0.534. The van der Waals surface area contributed by atoms with Gasteiger partial charge >= 0.3 is 5.97 Å². The molecule has 0 unspecified atom stereocenters. The summed E-state index contributed by atoms with van der Waals surface area (Å²) in [6, 6.07) is 13.2. The van der Waals surface area contributed by atoms with E-state index in [-0.39, 0.29) is 5.75 Å². The number of carboxylic acids is 1. The second-order valence-corrected chi connectivity index (χ2v) is 5.90. The molecule has 8 heteroatoms. The molecule has 0 saturated heterocycles. The van der Waals surface area contributed by atoms with Crippen molar-refractivity contribution >= 4 is 28.7 Å². The molecule has 0 aliphatic rings. The number of nitrogens with zero attached hydrogens (tertiary/aromatic N) is 2. The highest BCUT2D eigenvalue weighted by Gasteiger charge is 2.14. The maximum absolute atomic E-state index is 10.6. The van der Waals surface area contributed by atoms with Gasteiger partial charge in [0.2, 0.25) is 5.16 Å². The van der Waals surface area contributed by atoms with Crippen LogP contribution >= 0.6 is 11.8 Å². The fourth-order valence-electron chi connectivity index (χ4n) is 2.25. The van der Waals surface area contributed by atoms with Crippen molar-refractivity contribution in [1.82, 2.24) is 15.2 Å².